The molecule has 3 aromatic rings. The van der Waals surface area contributed by atoms with Gasteiger partial charge in [-0.1, -0.05) is 42.6 Å². The van der Waals surface area contributed by atoms with Crippen LogP contribution >= 0.6 is 11.6 Å². The van der Waals surface area contributed by atoms with E-state index in [2.05, 4.69) is 29.2 Å². The minimum absolute atomic E-state index is 0.460. The van der Waals surface area contributed by atoms with E-state index in [-0.39, 0.29) is 0 Å². The number of piperidine rings is 1. The molecule has 1 saturated heterocycles. The molecule has 2 aromatic heterocycles. The average Bonchev–Trinajstić information content (AvgIpc) is 3.40. The molecule has 150 valence electrons. The highest BCUT2D eigenvalue weighted by Crippen LogP contribution is 2.30. The maximum absolute atomic E-state index is 6.46. The van der Waals surface area contributed by atoms with Crippen LogP contribution in [-0.4, -0.2) is 52.5 Å². The quantitative estimate of drug-likeness (QED) is 0.675. The molecule has 0 atom stereocenters. The van der Waals surface area contributed by atoms with E-state index in [1.165, 1.54) is 51.6 Å². The van der Waals surface area contributed by atoms with E-state index in [1.54, 1.807) is 0 Å². The third-order valence-electron chi connectivity index (χ3n) is 6.52. The zero-order valence-corrected chi connectivity index (χ0v) is 17.7. The van der Waals surface area contributed by atoms with Crippen LogP contribution in [0.2, 0.25) is 5.02 Å². The number of benzene rings is 1. The van der Waals surface area contributed by atoms with Gasteiger partial charge >= 0.3 is 0 Å². The van der Waals surface area contributed by atoms with Crippen LogP contribution in [0.15, 0.2) is 36.5 Å². The minimum Gasteiger partial charge on any atom is -0.367 e. The Kier molecular flexibility index (Phi) is 5.23. The molecule has 1 aliphatic heterocycles. The third kappa shape index (κ3) is 3.76. The van der Waals surface area contributed by atoms with Gasteiger partial charge < -0.3 is 10.2 Å². The van der Waals surface area contributed by atoms with Crippen molar-refractivity contribution in [2.24, 2.45) is 0 Å². The number of likely N-dealkylation sites (tertiary alicyclic amines) is 1. The van der Waals surface area contributed by atoms with Gasteiger partial charge in [-0.15, -0.1) is 0 Å². The first-order valence-corrected chi connectivity index (χ1v) is 11.2. The molecule has 1 saturated carbocycles. The Morgan fingerprint density at radius 3 is 2.59 bits per heavy atom. The van der Waals surface area contributed by atoms with E-state index < -0.39 is 0 Å². The summed E-state index contributed by atoms with van der Waals surface area (Å²) < 4.78 is 1.93. The standard InChI is InChI=1S/C22H27BClN5/c23-18-14-25-29-21(13-20(27-22(18)29)17-7-3-4-8-19(17)24)26-15-9-11-28(12-10-15)16-5-1-2-6-16/h3-4,7-8,13-16,26H,1-2,5-6,9-12,23H2. The SMILES string of the molecule is Bc1cnn2c(NC3CCN(C4CCCC4)CC3)cc(-c3ccccc3Cl)nc12. The van der Waals surface area contributed by atoms with E-state index in [9.17, 15) is 0 Å². The number of rotatable bonds is 4. The van der Waals surface area contributed by atoms with Crippen LogP contribution in [0, 0.1) is 0 Å². The molecule has 0 amide bonds. The highest BCUT2D eigenvalue weighted by Gasteiger charge is 2.27. The lowest BCUT2D eigenvalue weighted by molar-refractivity contribution is 0.159. The molecule has 1 aliphatic carbocycles. The molecule has 0 radical (unpaired) electrons. The van der Waals surface area contributed by atoms with Gasteiger partial charge in [-0.3, -0.25) is 0 Å². The summed E-state index contributed by atoms with van der Waals surface area (Å²) in [7, 11) is 2.05. The summed E-state index contributed by atoms with van der Waals surface area (Å²) in [5, 5.41) is 9.06. The van der Waals surface area contributed by atoms with E-state index in [0.717, 1.165) is 39.2 Å². The first-order chi connectivity index (χ1) is 14.2. The Hall–Kier alpha value is -2.05. The maximum atomic E-state index is 6.46. The Bertz CT molecular complexity index is 1010. The molecule has 5 rings (SSSR count). The molecule has 29 heavy (non-hydrogen) atoms. The second-order valence-corrected chi connectivity index (χ2v) is 8.87. The molecule has 5 nitrogen and oxygen atoms in total. The number of anilines is 1. The number of nitrogens with zero attached hydrogens (tertiary/aromatic N) is 4. The fraction of sp³-hybridized carbons (Fsp3) is 0.455. The van der Waals surface area contributed by atoms with Gasteiger partial charge in [0.05, 0.1) is 5.69 Å². The summed E-state index contributed by atoms with van der Waals surface area (Å²) in [4.78, 5) is 7.56. The number of hydrogen-bond acceptors (Lipinski definition) is 4. The number of fused-ring (bicyclic) bond motifs is 1. The fourth-order valence-electron chi connectivity index (χ4n) is 4.87. The van der Waals surface area contributed by atoms with Gasteiger partial charge in [0, 0.05) is 48.0 Å². The van der Waals surface area contributed by atoms with Crippen molar-refractivity contribution in [3.63, 3.8) is 0 Å². The second kappa shape index (κ2) is 8.00. The van der Waals surface area contributed by atoms with Crippen molar-refractivity contribution in [2.45, 2.75) is 50.6 Å². The van der Waals surface area contributed by atoms with Gasteiger partial charge in [0.1, 0.15) is 13.7 Å². The Morgan fingerprint density at radius 2 is 1.83 bits per heavy atom. The van der Waals surface area contributed by atoms with Crippen LogP contribution in [0.1, 0.15) is 38.5 Å². The van der Waals surface area contributed by atoms with Crippen molar-refractivity contribution >= 4 is 36.4 Å². The Balaban J connectivity index is 1.40. The summed E-state index contributed by atoms with van der Waals surface area (Å²) in [6.45, 7) is 2.37. The van der Waals surface area contributed by atoms with Crippen LogP contribution in [0.5, 0.6) is 0 Å². The number of aromatic nitrogens is 3. The first kappa shape index (κ1) is 19.0. The van der Waals surface area contributed by atoms with Gasteiger partial charge in [-0.2, -0.15) is 9.61 Å². The van der Waals surface area contributed by atoms with Gasteiger partial charge in [0.25, 0.3) is 0 Å². The van der Waals surface area contributed by atoms with Crippen LogP contribution < -0.4 is 10.8 Å². The average molecular weight is 408 g/mol. The highest BCUT2D eigenvalue weighted by atomic mass is 35.5. The fourth-order valence-corrected chi connectivity index (χ4v) is 5.10. The van der Waals surface area contributed by atoms with E-state index >= 15 is 0 Å². The van der Waals surface area contributed by atoms with Crippen molar-refractivity contribution in [1.82, 2.24) is 19.5 Å². The zero-order chi connectivity index (χ0) is 19.8. The number of nitrogens with one attached hydrogen (secondary N) is 1. The van der Waals surface area contributed by atoms with Crippen molar-refractivity contribution in [1.29, 1.82) is 0 Å². The van der Waals surface area contributed by atoms with Crippen molar-refractivity contribution in [3.8, 4) is 11.3 Å². The molecule has 1 N–H and O–H groups in total. The van der Waals surface area contributed by atoms with Crippen molar-refractivity contribution in [3.05, 3.63) is 41.6 Å². The van der Waals surface area contributed by atoms with E-state index in [1.807, 2.05) is 35.0 Å². The smallest absolute Gasteiger partial charge is 0.151 e. The van der Waals surface area contributed by atoms with E-state index in [0.29, 0.717) is 6.04 Å². The Morgan fingerprint density at radius 1 is 1.07 bits per heavy atom. The summed E-state index contributed by atoms with van der Waals surface area (Å²) in [5.41, 5.74) is 3.79. The molecule has 2 aliphatic rings. The second-order valence-electron chi connectivity index (χ2n) is 8.46. The van der Waals surface area contributed by atoms with Gasteiger partial charge in [-0.25, -0.2) is 4.98 Å². The normalized spacial score (nSPS) is 19.2. The van der Waals surface area contributed by atoms with Crippen LogP contribution in [-0.2, 0) is 0 Å². The van der Waals surface area contributed by atoms with E-state index in [4.69, 9.17) is 16.6 Å². The molecule has 1 aromatic carbocycles. The predicted octanol–water partition coefficient (Wildman–Crippen LogP) is 3.13. The number of hydrogen-bond donors (Lipinski definition) is 1. The van der Waals surface area contributed by atoms with Crippen LogP contribution in [0.3, 0.4) is 0 Å². The molecule has 3 heterocycles. The van der Waals surface area contributed by atoms with Crippen LogP contribution in [0.25, 0.3) is 16.9 Å². The topological polar surface area (TPSA) is 45.5 Å². The molecular weight excluding hydrogens is 381 g/mol. The van der Waals surface area contributed by atoms with Gasteiger partial charge in [0.2, 0.25) is 0 Å². The third-order valence-corrected chi connectivity index (χ3v) is 6.85. The number of halogens is 1. The summed E-state index contributed by atoms with van der Waals surface area (Å²) >= 11 is 6.46. The van der Waals surface area contributed by atoms with Crippen LogP contribution in [0.4, 0.5) is 5.82 Å². The maximum Gasteiger partial charge on any atom is 0.151 e. The van der Waals surface area contributed by atoms with Gasteiger partial charge in [-0.05, 0) is 37.2 Å². The molecule has 0 spiro atoms. The van der Waals surface area contributed by atoms with Crippen molar-refractivity contribution in [2.75, 3.05) is 18.4 Å². The lowest BCUT2D eigenvalue weighted by Crippen LogP contribution is -2.43. The highest BCUT2D eigenvalue weighted by molar-refractivity contribution is 6.36. The lowest BCUT2D eigenvalue weighted by Gasteiger charge is -2.36. The molecule has 7 heteroatoms. The largest absolute Gasteiger partial charge is 0.367 e. The monoisotopic (exact) mass is 407 g/mol. The Labute approximate surface area is 177 Å². The summed E-state index contributed by atoms with van der Waals surface area (Å²) in [6.07, 6.45) is 9.80. The summed E-state index contributed by atoms with van der Waals surface area (Å²) in [5.74, 6) is 0.998. The van der Waals surface area contributed by atoms with Gasteiger partial charge in [0.15, 0.2) is 5.65 Å². The van der Waals surface area contributed by atoms with Crippen molar-refractivity contribution < 1.29 is 0 Å². The predicted molar refractivity (Wildman–Crippen MR) is 122 cm³/mol. The molecular formula is C22H27BClN5. The zero-order valence-electron chi connectivity index (χ0n) is 16.9. The first-order valence-electron chi connectivity index (χ1n) is 10.8. The molecule has 2 fully saturated rings. The lowest BCUT2D eigenvalue weighted by atomic mass is 10.0. The molecule has 0 unspecified atom stereocenters. The minimum atomic E-state index is 0.460. The summed E-state index contributed by atoms with van der Waals surface area (Å²) in [6, 6.07) is 11.3. The molecule has 0 bridgehead atoms.